The number of hydrogen-bond donors (Lipinski definition) is 1. The van der Waals surface area contributed by atoms with Gasteiger partial charge in [0.1, 0.15) is 17.4 Å². The van der Waals surface area contributed by atoms with Gasteiger partial charge in [-0.25, -0.2) is 0 Å². The predicted octanol–water partition coefficient (Wildman–Crippen LogP) is 1.78. The molecule has 0 aliphatic heterocycles. The molecule has 0 bridgehead atoms. The van der Waals surface area contributed by atoms with Crippen LogP contribution in [-0.4, -0.2) is 19.1 Å². The number of rotatable bonds is 3. The summed E-state index contributed by atoms with van der Waals surface area (Å²) in [4.78, 5) is 11.3. The van der Waals surface area contributed by atoms with Crippen molar-refractivity contribution in [3.63, 3.8) is 0 Å². The van der Waals surface area contributed by atoms with Crippen LogP contribution in [0.3, 0.4) is 0 Å². The Morgan fingerprint density at radius 1 is 1.47 bits per heavy atom. The first-order valence-electron chi connectivity index (χ1n) is 5.44. The number of para-hydroxylation sites is 1. The van der Waals surface area contributed by atoms with E-state index in [4.69, 9.17) is 10.2 Å². The fourth-order valence-corrected chi connectivity index (χ4v) is 1.93. The first-order chi connectivity index (χ1) is 8.13. The molecule has 1 unspecified atom stereocenters. The minimum absolute atomic E-state index is 0.408. The van der Waals surface area contributed by atoms with Gasteiger partial charge >= 0.3 is 5.97 Å². The van der Waals surface area contributed by atoms with Crippen molar-refractivity contribution in [2.45, 2.75) is 19.4 Å². The van der Waals surface area contributed by atoms with Crippen molar-refractivity contribution >= 4 is 16.9 Å². The summed E-state index contributed by atoms with van der Waals surface area (Å²) in [5.74, 6) is 0.389. The van der Waals surface area contributed by atoms with E-state index in [-0.39, 0.29) is 0 Å². The number of carbonyl (C=O) groups is 1. The highest BCUT2D eigenvalue weighted by molar-refractivity contribution is 5.83. The minimum Gasteiger partial charge on any atom is -0.468 e. The van der Waals surface area contributed by atoms with Crippen molar-refractivity contribution in [1.82, 2.24) is 0 Å². The van der Waals surface area contributed by atoms with Gasteiger partial charge in [0.15, 0.2) is 0 Å². The number of methoxy groups -OCH3 is 1. The summed E-state index contributed by atoms with van der Waals surface area (Å²) < 4.78 is 10.2. The summed E-state index contributed by atoms with van der Waals surface area (Å²) in [6, 6.07) is 7.06. The molecule has 2 N–H and O–H groups in total. The maximum atomic E-state index is 11.3. The van der Waals surface area contributed by atoms with E-state index in [2.05, 4.69) is 4.74 Å². The number of fused-ring (bicyclic) bond motifs is 1. The third kappa shape index (κ3) is 2.17. The normalized spacial score (nSPS) is 12.6. The molecule has 0 aliphatic rings. The van der Waals surface area contributed by atoms with E-state index in [1.165, 1.54) is 7.11 Å². The summed E-state index contributed by atoms with van der Waals surface area (Å²) in [5, 5.41) is 1.00. The Balaban J connectivity index is 2.35. The van der Waals surface area contributed by atoms with Gasteiger partial charge in [-0.1, -0.05) is 18.2 Å². The van der Waals surface area contributed by atoms with Crippen LogP contribution in [0.4, 0.5) is 0 Å². The lowest BCUT2D eigenvalue weighted by molar-refractivity contribution is -0.142. The average molecular weight is 233 g/mol. The van der Waals surface area contributed by atoms with Crippen LogP contribution < -0.4 is 5.73 Å². The van der Waals surface area contributed by atoms with Crippen LogP contribution in [0.25, 0.3) is 11.0 Å². The highest BCUT2D eigenvalue weighted by atomic mass is 16.5. The van der Waals surface area contributed by atoms with Gasteiger partial charge in [0.2, 0.25) is 0 Å². The molecule has 0 saturated heterocycles. The summed E-state index contributed by atoms with van der Waals surface area (Å²) in [6.07, 6.45) is 0.426. The van der Waals surface area contributed by atoms with Crippen LogP contribution in [0.5, 0.6) is 0 Å². The quantitative estimate of drug-likeness (QED) is 0.821. The van der Waals surface area contributed by atoms with Crippen LogP contribution in [0.1, 0.15) is 11.3 Å². The topological polar surface area (TPSA) is 65.5 Å². The lowest BCUT2D eigenvalue weighted by atomic mass is 10.0. The van der Waals surface area contributed by atoms with E-state index in [9.17, 15) is 4.79 Å². The van der Waals surface area contributed by atoms with Crippen molar-refractivity contribution in [3.05, 3.63) is 35.6 Å². The number of benzene rings is 1. The molecule has 0 radical (unpaired) electrons. The lowest BCUT2D eigenvalue weighted by Crippen LogP contribution is -2.33. The molecule has 2 rings (SSSR count). The molecule has 1 aromatic heterocycles. The molecule has 0 amide bonds. The van der Waals surface area contributed by atoms with E-state index < -0.39 is 12.0 Å². The van der Waals surface area contributed by atoms with Crippen molar-refractivity contribution in [3.8, 4) is 0 Å². The standard InChI is InChI=1S/C13H15NO3/c1-8-10(7-11(14)13(15)16-2)9-5-3-4-6-12(9)17-8/h3-6,11H,7,14H2,1-2H3. The fraction of sp³-hybridized carbons (Fsp3) is 0.308. The fourth-order valence-electron chi connectivity index (χ4n) is 1.93. The molecule has 4 nitrogen and oxygen atoms in total. The second-order valence-electron chi connectivity index (χ2n) is 3.97. The molecule has 4 heteroatoms. The minimum atomic E-state index is -0.653. The third-order valence-electron chi connectivity index (χ3n) is 2.83. The van der Waals surface area contributed by atoms with Gasteiger partial charge in [-0.3, -0.25) is 4.79 Å². The van der Waals surface area contributed by atoms with E-state index in [0.29, 0.717) is 6.42 Å². The van der Waals surface area contributed by atoms with Crippen molar-refractivity contribution in [2.75, 3.05) is 7.11 Å². The number of furan rings is 1. The van der Waals surface area contributed by atoms with Crippen LogP contribution in [-0.2, 0) is 16.0 Å². The highest BCUT2D eigenvalue weighted by Crippen LogP contribution is 2.26. The van der Waals surface area contributed by atoms with Gasteiger partial charge in [-0.15, -0.1) is 0 Å². The Morgan fingerprint density at radius 2 is 2.18 bits per heavy atom. The number of ether oxygens (including phenoxy) is 1. The highest BCUT2D eigenvalue weighted by Gasteiger charge is 2.19. The maximum absolute atomic E-state index is 11.3. The number of hydrogen-bond acceptors (Lipinski definition) is 4. The molecule has 0 saturated carbocycles. The molecule has 0 aliphatic carbocycles. The number of aryl methyl sites for hydroxylation is 1. The summed E-state index contributed by atoms with van der Waals surface area (Å²) in [6.45, 7) is 1.87. The molecule has 2 aromatic rings. The molecule has 1 aromatic carbocycles. The Hall–Kier alpha value is -1.81. The first kappa shape index (κ1) is 11.7. The SMILES string of the molecule is COC(=O)C(N)Cc1c(C)oc2ccccc12. The second-order valence-corrected chi connectivity index (χ2v) is 3.97. The average Bonchev–Trinajstić information content (AvgIpc) is 2.65. The molecule has 1 atom stereocenters. The predicted molar refractivity (Wildman–Crippen MR) is 64.6 cm³/mol. The molecule has 90 valence electrons. The molecular formula is C13H15NO3. The largest absolute Gasteiger partial charge is 0.468 e. The number of esters is 1. The first-order valence-corrected chi connectivity index (χ1v) is 5.44. The van der Waals surface area contributed by atoms with Crippen molar-refractivity contribution in [1.29, 1.82) is 0 Å². The molecular weight excluding hydrogens is 218 g/mol. The zero-order chi connectivity index (χ0) is 12.4. The Morgan fingerprint density at radius 3 is 2.88 bits per heavy atom. The zero-order valence-corrected chi connectivity index (χ0v) is 9.90. The van der Waals surface area contributed by atoms with Crippen LogP contribution >= 0.6 is 0 Å². The third-order valence-corrected chi connectivity index (χ3v) is 2.83. The summed E-state index contributed by atoms with van der Waals surface area (Å²) in [5.41, 5.74) is 7.55. The van der Waals surface area contributed by atoms with Gasteiger partial charge in [0, 0.05) is 17.4 Å². The van der Waals surface area contributed by atoms with Gasteiger partial charge in [-0.05, 0) is 13.0 Å². The van der Waals surface area contributed by atoms with Crippen molar-refractivity contribution in [2.24, 2.45) is 5.73 Å². The Labute approximate surface area is 99.3 Å². The van der Waals surface area contributed by atoms with Gasteiger partial charge in [0.25, 0.3) is 0 Å². The van der Waals surface area contributed by atoms with Crippen molar-refractivity contribution < 1.29 is 13.9 Å². The molecule has 0 fully saturated rings. The summed E-state index contributed by atoms with van der Waals surface area (Å²) >= 11 is 0. The molecule has 0 spiro atoms. The van der Waals surface area contributed by atoms with Gasteiger partial charge < -0.3 is 14.9 Å². The maximum Gasteiger partial charge on any atom is 0.322 e. The van der Waals surface area contributed by atoms with E-state index in [1.54, 1.807) is 0 Å². The Bertz CT molecular complexity index is 545. The van der Waals surface area contributed by atoms with Gasteiger partial charge in [-0.2, -0.15) is 0 Å². The Kier molecular flexibility index (Phi) is 3.15. The lowest BCUT2D eigenvalue weighted by Gasteiger charge is -2.08. The molecule has 17 heavy (non-hydrogen) atoms. The molecule has 1 heterocycles. The zero-order valence-electron chi connectivity index (χ0n) is 9.90. The van der Waals surface area contributed by atoms with Crippen LogP contribution in [0.2, 0.25) is 0 Å². The van der Waals surface area contributed by atoms with Crippen LogP contribution in [0, 0.1) is 6.92 Å². The van der Waals surface area contributed by atoms with E-state index in [1.807, 2.05) is 31.2 Å². The van der Waals surface area contributed by atoms with E-state index in [0.717, 1.165) is 22.3 Å². The smallest absolute Gasteiger partial charge is 0.322 e. The van der Waals surface area contributed by atoms with Crippen LogP contribution in [0.15, 0.2) is 28.7 Å². The second kappa shape index (κ2) is 4.59. The number of nitrogens with two attached hydrogens (primary N) is 1. The monoisotopic (exact) mass is 233 g/mol. The summed E-state index contributed by atoms with van der Waals surface area (Å²) in [7, 11) is 1.34. The number of carbonyl (C=O) groups excluding carboxylic acids is 1. The van der Waals surface area contributed by atoms with Gasteiger partial charge in [0.05, 0.1) is 7.11 Å². The van der Waals surface area contributed by atoms with E-state index >= 15 is 0 Å².